The molecule has 2 aromatic heterocycles. The van der Waals surface area contributed by atoms with Gasteiger partial charge in [-0.3, -0.25) is 9.58 Å². The number of carbonyl (C=O) groups excluding carboxylic acids is 1. The second-order valence-electron chi connectivity index (χ2n) is 6.11. The molecule has 24 heavy (non-hydrogen) atoms. The summed E-state index contributed by atoms with van der Waals surface area (Å²) >= 11 is 1.74. The normalized spacial score (nSPS) is 17.0. The molecular formula is C17H25N5OS. The molecule has 0 spiro atoms. The topological polar surface area (TPSA) is 53.4 Å². The highest BCUT2D eigenvalue weighted by Crippen LogP contribution is 2.23. The number of amides is 2. The fourth-order valence-corrected chi connectivity index (χ4v) is 3.76. The van der Waals surface area contributed by atoms with Gasteiger partial charge in [0.15, 0.2) is 0 Å². The fourth-order valence-electron chi connectivity index (χ4n) is 3.02. The molecule has 0 saturated carbocycles. The zero-order valence-corrected chi connectivity index (χ0v) is 14.9. The van der Waals surface area contributed by atoms with E-state index >= 15 is 0 Å². The Morgan fingerprint density at radius 3 is 2.88 bits per heavy atom. The third-order valence-corrected chi connectivity index (χ3v) is 5.28. The number of aromatic nitrogens is 2. The van der Waals surface area contributed by atoms with E-state index in [9.17, 15) is 4.79 Å². The molecule has 0 aromatic carbocycles. The molecule has 1 aliphatic heterocycles. The molecule has 1 N–H and O–H groups in total. The van der Waals surface area contributed by atoms with Crippen LogP contribution in [0, 0.1) is 0 Å². The summed E-state index contributed by atoms with van der Waals surface area (Å²) in [7, 11) is 0. The van der Waals surface area contributed by atoms with E-state index in [4.69, 9.17) is 0 Å². The highest BCUT2D eigenvalue weighted by molar-refractivity contribution is 7.07. The van der Waals surface area contributed by atoms with E-state index in [-0.39, 0.29) is 6.03 Å². The van der Waals surface area contributed by atoms with Crippen LogP contribution in [0.25, 0.3) is 0 Å². The Kier molecular flexibility index (Phi) is 5.87. The number of piperazine rings is 1. The average molecular weight is 347 g/mol. The van der Waals surface area contributed by atoms with Gasteiger partial charge in [-0.2, -0.15) is 16.4 Å². The van der Waals surface area contributed by atoms with Crippen LogP contribution in [-0.2, 0) is 6.54 Å². The van der Waals surface area contributed by atoms with Crippen LogP contribution in [0.3, 0.4) is 0 Å². The summed E-state index contributed by atoms with van der Waals surface area (Å²) in [4.78, 5) is 16.6. The van der Waals surface area contributed by atoms with E-state index in [0.717, 1.165) is 39.1 Å². The Labute approximate surface area is 147 Å². The van der Waals surface area contributed by atoms with Gasteiger partial charge in [-0.1, -0.05) is 0 Å². The van der Waals surface area contributed by atoms with Crippen molar-refractivity contribution in [3.63, 3.8) is 0 Å². The van der Waals surface area contributed by atoms with Gasteiger partial charge < -0.3 is 10.2 Å². The quantitative estimate of drug-likeness (QED) is 0.817. The smallest absolute Gasteiger partial charge is 0.317 e. The molecule has 2 amide bonds. The first-order valence-corrected chi connectivity index (χ1v) is 9.44. The van der Waals surface area contributed by atoms with Crippen LogP contribution in [-0.4, -0.2) is 58.3 Å². The molecule has 3 heterocycles. The lowest BCUT2D eigenvalue weighted by Crippen LogP contribution is -2.52. The van der Waals surface area contributed by atoms with Crippen molar-refractivity contribution in [3.8, 4) is 0 Å². The Balaban J connectivity index is 1.35. The summed E-state index contributed by atoms with van der Waals surface area (Å²) in [5.74, 6) is 0. The maximum Gasteiger partial charge on any atom is 0.317 e. The van der Waals surface area contributed by atoms with Gasteiger partial charge in [0, 0.05) is 57.7 Å². The minimum atomic E-state index is 0.0540. The van der Waals surface area contributed by atoms with Crippen molar-refractivity contribution in [1.82, 2.24) is 24.9 Å². The molecule has 1 fully saturated rings. The first-order chi connectivity index (χ1) is 11.7. The Bertz CT molecular complexity index is 605. The molecule has 7 heteroatoms. The Morgan fingerprint density at radius 1 is 1.38 bits per heavy atom. The van der Waals surface area contributed by atoms with Crippen molar-refractivity contribution < 1.29 is 4.79 Å². The minimum Gasteiger partial charge on any atom is -0.338 e. The van der Waals surface area contributed by atoms with Crippen LogP contribution in [0.4, 0.5) is 4.79 Å². The maximum absolute atomic E-state index is 12.2. The van der Waals surface area contributed by atoms with Crippen LogP contribution >= 0.6 is 11.3 Å². The van der Waals surface area contributed by atoms with E-state index in [1.807, 2.05) is 21.8 Å². The van der Waals surface area contributed by atoms with Crippen LogP contribution < -0.4 is 5.32 Å². The summed E-state index contributed by atoms with van der Waals surface area (Å²) in [6.45, 7) is 7.20. The average Bonchev–Trinajstić information content (AvgIpc) is 3.31. The van der Waals surface area contributed by atoms with Gasteiger partial charge in [-0.25, -0.2) is 4.79 Å². The first-order valence-electron chi connectivity index (χ1n) is 8.50. The van der Waals surface area contributed by atoms with Gasteiger partial charge in [-0.15, -0.1) is 0 Å². The molecule has 1 saturated heterocycles. The molecule has 3 rings (SSSR count). The van der Waals surface area contributed by atoms with Gasteiger partial charge >= 0.3 is 6.03 Å². The van der Waals surface area contributed by atoms with E-state index in [1.54, 1.807) is 17.5 Å². The molecule has 0 unspecified atom stereocenters. The number of hydrogen-bond acceptors (Lipinski definition) is 4. The molecule has 1 atom stereocenters. The SMILES string of the molecule is C[C@@H](c1ccsc1)N1CCN(C(=O)NCCCn2cccn2)CC1. The summed E-state index contributed by atoms with van der Waals surface area (Å²) in [5, 5.41) is 11.5. The highest BCUT2D eigenvalue weighted by atomic mass is 32.1. The van der Waals surface area contributed by atoms with Gasteiger partial charge in [0.1, 0.15) is 0 Å². The molecule has 0 aliphatic carbocycles. The van der Waals surface area contributed by atoms with Crippen LogP contribution in [0.1, 0.15) is 24.9 Å². The number of aryl methyl sites for hydroxylation is 1. The van der Waals surface area contributed by atoms with E-state index in [1.165, 1.54) is 5.56 Å². The molecule has 0 radical (unpaired) electrons. The summed E-state index contributed by atoms with van der Waals surface area (Å²) < 4.78 is 1.89. The van der Waals surface area contributed by atoms with Crippen molar-refractivity contribution in [2.75, 3.05) is 32.7 Å². The fraction of sp³-hybridized carbons (Fsp3) is 0.529. The zero-order valence-electron chi connectivity index (χ0n) is 14.1. The lowest BCUT2D eigenvalue weighted by molar-refractivity contribution is 0.114. The van der Waals surface area contributed by atoms with E-state index in [0.29, 0.717) is 12.6 Å². The highest BCUT2D eigenvalue weighted by Gasteiger charge is 2.24. The number of rotatable bonds is 6. The lowest BCUT2D eigenvalue weighted by Gasteiger charge is -2.37. The standard InChI is InChI=1S/C17H25N5OS/c1-15(16-4-13-24-14-16)20-9-11-21(12-10-20)17(23)18-5-2-7-22-8-3-6-19-22/h3-4,6,8,13-15H,2,5,7,9-12H2,1H3,(H,18,23)/t15-/m0/s1. The summed E-state index contributed by atoms with van der Waals surface area (Å²) in [6.07, 6.45) is 4.60. The lowest BCUT2D eigenvalue weighted by atomic mass is 10.1. The number of hydrogen-bond donors (Lipinski definition) is 1. The van der Waals surface area contributed by atoms with Gasteiger partial charge in [-0.05, 0) is 41.8 Å². The molecular weight excluding hydrogens is 322 g/mol. The maximum atomic E-state index is 12.2. The second kappa shape index (κ2) is 8.30. The predicted octanol–water partition coefficient (Wildman–Crippen LogP) is 2.42. The van der Waals surface area contributed by atoms with Crippen LogP contribution in [0.15, 0.2) is 35.3 Å². The van der Waals surface area contributed by atoms with Crippen molar-refractivity contribution in [2.24, 2.45) is 0 Å². The van der Waals surface area contributed by atoms with Crippen molar-refractivity contribution in [1.29, 1.82) is 0 Å². The molecule has 6 nitrogen and oxygen atoms in total. The minimum absolute atomic E-state index is 0.0540. The number of nitrogens with zero attached hydrogens (tertiary/aromatic N) is 4. The third kappa shape index (κ3) is 4.36. The van der Waals surface area contributed by atoms with E-state index < -0.39 is 0 Å². The predicted molar refractivity (Wildman–Crippen MR) is 96.1 cm³/mol. The van der Waals surface area contributed by atoms with Crippen LogP contribution in [0.5, 0.6) is 0 Å². The molecule has 0 bridgehead atoms. The van der Waals surface area contributed by atoms with Gasteiger partial charge in [0.25, 0.3) is 0 Å². The number of thiophene rings is 1. The van der Waals surface area contributed by atoms with Crippen LogP contribution in [0.2, 0.25) is 0 Å². The van der Waals surface area contributed by atoms with Crippen molar-refractivity contribution in [3.05, 3.63) is 40.8 Å². The molecule has 2 aromatic rings. The second-order valence-corrected chi connectivity index (χ2v) is 6.89. The van der Waals surface area contributed by atoms with E-state index in [2.05, 4.69) is 39.1 Å². The number of urea groups is 1. The van der Waals surface area contributed by atoms with Crippen molar-refractivity contribution in [2.45, 2.75) is 25.9 Å². The summed E-state index contributed by atoms with van der Waals surface area (Å²) in [5.41, 5.74) is 1.37. The largest absolute Gasteiger partial charge is 0.338 e. The monoisotopic (exact) mass is 347 g/mol. The number of nitrogens with one attached hydrogen (secondary N) is 1. The van der Waals surface area contributed by atoms with Gasteiger partial charge in [0.2, 0.25) is 0 Å². The zero-order chi connectivity index (χ0) is 16.8. The third-order valence-electron chi connectivity index (χ3n) is 4.57. The van der Waals surface area contributed by atoms with Crippen molar-refractivity contribution >= 4 is 17.4 Å². The van der Waals surface area contributed by atoms with Gasteiger partial charge in [0.05, 0.1) is 0 Å². The summed E-state index contributed by atoms with van der Waals surface area (Å²) in [6, 6.07) is 4.58. The molecule has 1 aliphatic rings. The number of carbonyl (C=O) groups is 1. The Hall–Kier alpha value is -1.86. The Morgan fingerprint density at radius 2 is 2.21 bits per heavy atom. The molecule has 130 valence electrons. The first kappa shape index (κ1) is 17.0.